The zero-order valence-electron chi connectivity index (χ0n) is 17.4. The van der Waals surface area contributed by atoms with Crippen LogP contribution >= 0.6 is 27.7 Å². The van der Waals surface area contributed by atoms with E-state index in [2.05, 4.69) is 83.1 Å². The highest BCUT2D eigenvalue weighted by Crippen LogP contribution is 2.28. The third kappa shape index (κ3) is 5.61. The van der Waals surface area contributed by atoms with Gasteiger partial charge in [-0.25, -0.2) is 0 Å². The minimum absolute atomic E-state index is 0.0912. The molecule has 0 saturated heterocycles. The van der Waals surface area contributed by atoms with Crippen molar-refractivity contribution in [3.05, 3.63) is 71.2 Å². The molecule has 3 aromatic rings. The Hall–Kier alpha value is -2.38. The summed E-state index contributed by atoms with van der Waals surface area (Å²) in [6.45, 7) is 11.0. The highest BCUT2D eigenvalue weighted by molar-refractivity contribution is 9.10. The molecule has 0 saturated carbocycles. The van der Waals surface area contributed by atoms with Gasteiger partial charge >= 0.3 is 0 Å². The van der Waals surface area contributed by atoms with Crippen molar-refractivity contribution in [1.82, 2.24) is 14.8 Å². The number of nitrogens with one attached hydrogen (secondary N) is 1. The lowest BCUT2D eigenvalue weighted by Crippen LogP contribution is -2.14. The van der Waals surface area contributed by atoms with E-state index in [1.807, 2.05) is 34.9 Å². The molecule has 0 aliphatic carbocycles. The number of anilines is 1. The van der Waals surface area contributed by atoms with Crippen LogP contribution in [0.1, 0.15) is 26.3 Å². The zero-order valence-corrected chi connectivity index (χ0v) is 19.8. The number of aromatic nitrogens is 3. The second-order valence-electron chi connectivity index (χ2n) is 7.88. The molecule has 0 atom stereocenters. The van der Waals surface area contributed by atoms with Crippen LogP contribution in [0, 0.1) is 0 Å². The van der Waals surface area contributed by atoms with Crippen molar-refractivity contribution in [2.45, 2.75) is 37.9 Å². The van der Waals surface area contributed by atoms with Crippen LogP contribution in [-0.2, 0) is 16.8 Å². The summed E-state index contributed by atoms with van der Waals surface area (Å²) in [6.07, 6.45) is 1.81. The van der Waals surface area contributed by atoms with Gasteiger partial charge in [0.25, 0.3) is 0 Å². The standard InChI is InChI=1S/C23H25BrN4OS/c1-5-14-28-21(16-6-8-17(9-7-16)23(2,3)4)26-27-22(28)30-15-20(29)25-19-12-10-18(24)11-13-19/h5-13H,1,14-15H2,2-4H3,(H,25,29). The van der Waals surface area contributed by atoms with Crippen LogP contribution in [-0.4, -0.2) is 26.4 Å². The minimum Gasteiger partial charge on any atom is -0.325 e. The molecule has 0 radical (unpaired) electrons. The number of halogens is 1. The normalized spacial score (nSPS) is 11.3. The maximum absolute atomic E-state index is 12.3. The summed E-state index contributed by atoms with van der Waals surface area (Å²) in [7, 11) is 0. The van der Waals surface area contributed by atoms with Gasteiger partial charge in [-0.2, -0.15) is 0 Å². The Morgan fingerprint density at radius 1 is 1.13 bits per heavy atom. The number of hydrogen-bond donors (Lipinski definition) is 1. The first-order valence-corrected chi connectivity index (χ1v) is 11.4. The molecule has 0 fully saturated rings. The van der Waals surface area contributed by atoms with Crippen molar-refractivity contribution < 1.29 is 4.79 Å². The number of thioether (sulfide) groups is 1. The zero-order chi connectivity index (χ0) is 21.7. The largest absolute Gasteiger partial charge is 0.325 e. The van der Waals surface area contributed by atoms with Crippen LogP contribution in [0.15, 0.2) is 70.8 Å². The highest BCUT2D eigenvalue weighted by atomic mass is 79.9. The average molecular weight is 485 g/mol. The number of hydrogen-bond acceptors (Lipinski definition) is 4. The average Bonchev–Trinajstić information content (AvgIpc) is 3.10. The van der Waals surface area contributed by atoms with Crippen LogP contribution in [0.25, 0.3) is 11.4 Å². The van der Waals surface area contributed by atoms with Crippen molar-refractivity contribution in [1.29, 1.82) is 0 Å². The first kappa shape index (κ1) is 22.3. The Morgan fingerprint density at radius 3 is 2.40 bits per heavy atom. The van der Waals surface area contributed by atoms with Gasteiger partial charge in [0, 0.05) is 22.3 Å². The number of allylic oxidation sites excluding steroid dienone is 1. The lowest BCUT2D eigenvalue weighted by Gasteiger charge is -2.19. The number of rotatable bonds is 7. The van der Waals surface area contributed by atoms with E-state index in [0.717, 1.165) is 21.5 Å². The van der Waals surface area contributed by atoms with E-state index in [1.165, 1.54) is 17.3 Å². The minimum atomic E-state index is -0.0912. The second kappa shape index (κ2) is 9.62. The molecular weight excluding hydrogens is 460 g/mol. The van der Waals surface area contributed by atoms with Crippen LogP contribution in [0.5, 0.6) is 0 Å². The van der Waals surface area contributed by atoms with Crippen molar-refractivity contribution in [2.75, 3.05) is 11.1 Å². The van der Waals surface area contributed by atoms with E-state index in [-0.39, 0.29) is 17.1 Å². The fourth-order valence-electron chi connectivity index (χ4n) is 2.88. The molecule has 0 unspecified atom stereocenters. The lowest BCUT2D eigenvalue weighted by atomic mass is 9.87. The van der Waals surface area contributed by atoms with Crippen molar-refractivity contribution in [2.24, 2.45) is 0 Å². The van der Waals surface area contributed by atoms with E-state index < -0.39 is 0 Å². The monoisotopic (exact) mass is 484 g/mol. The molecule has 7 heteroatoms. The van der Waals surface area contributed by atoms with Crippen LogP contribution < -0.4 is 5.32 Å². The Balaban J connectivity index is 1.73. The van der Waals surface area contributed by atoms with Gasteiger partial charge < -0.3 is 5.32 Å². The predicted molar refractivity (Wildman–Crippen MR) is 128 cm³/mol. The molecular formula is C23H25BrN4OS. The predicted octanol–water partition coefficient (Wildman–Crippen LogP) is 5.92. The van der Waals surface area contributed by atoms with E-state index in [4.69, 9.17) is 0 Å². The smallest absolute Gasteiger partial charge is 0.234 e. The summed E-state index contributed by atoms with van der Waals surface area (Å²) < 4.78 is 2.95. The van der Waals surface area contributed by atoms with E-state index >= 15 is 0 Å². The van der Waals surface area contributed by atoms with Gasteiger partial charge in [-0.15, -0.1) is 16.8 Å². The molecule has 156 valence electrons. The Labute approximate surface area is 190 Å². The Morgan fingerprint density at radius 2 is 1.80 bits per heavy atom. The fourth-order valence-corrected chi connectivity index (χ4v) is 3.89. The van der Waals surface area contributed by atoms with E-state index in [1.54, 1.807) is 0 Å². The molecule has 1 amide bonds. The summed E-state index contributed by atoms with van der Waals surface area (Å²) in [5.41, 5.74) is 3.11. The maximum atomic E-state index is 12.3. The topological polar surface area (TPSA) is 59.8 Å². The molecule has 0 spiro atoms. The van der Waals surface area contributed by atoms with Gasteiger partial charge in [-0.05, 0) is 35.2 Å². The summed E-state index contributed by atoms with van der Waals surface area (Å²) in [4.78, 5) is 12.3. The third-order valence-electron chi connectivity index (χ3n) is 4.50. The Bertz CT molecular complexity index is 1020. The van der Waals surface area contributed by atoms with Gasteiger partial charge in [-0.3, -0.25) is 9.36 Å². The first-order valence-electron chi connectivity index (χ1n) is 9.61. The van der Waals surface area contributed by atoms with E-state index in [9.17, 15) is 4.79 Å². The molecule has 1 aromatic heterocycles. The van der Waals surface area contributed by atoms with Gasteiger partial charge in [0.15, 0.2) is 11.0 Å². The van der Waals surface area contributed by atoms with Gasteiger partial charge in [0.1, 0.15) is 0 Å². The molecule has 2 aromatic carbocycles. The summed E-state index contributed by atoms with van der Waals surface area (Å²) in [5, 5.41) is 12.3. The molecule has 3 rings (SSSR count). The quantitative estimate of drug-likeness (QED) is 0.333. The van der Waals surface area contributed by atoms with Crippen LogP contribution in [0.4, 0.5) is 5.69 Å². The number of carbonyl (C=O) groups is 1. The van der Waals surface area contributed by atoms with Crippen molar-refractivity contribution in [3.63, 3.8) is 0 Å². The van der Waals surface area contributed by atoms with Crippen LogP contribution in [0.3, 0.4) is 0 Å². The lowest BCUT2D eigenvalue weighted by molar-refractivity contribution is -0.113. The summed E-state index contributed by atoms with van der Waals surface area (Å²) in [5.74, 6) is 0.923. The Kier molecular flexibility index (Phi) is 7.15. The number of nitrogens with zero attached hydrogens (tertiary/aromatic N) is 3. The molecule has 0 aliphatic heterocycles. The first-order chi connectivity index (χ1) is 14.3. The third-order valence-corrected chi connectivity index (χ3v) is 5.99. The molecule has 1 heterocycles. The second-order valence-corrected chi connectivity index (χ2v) is 9.73. The molecule has 30 heavy (non-hydrogen) atoms. The SMILES string of the molecule is C=CCn1c(SCC(=O)Nc2ccc(Br)cc2)nnc1-c1ccc(C(C)(C)C)cc1. The maximum Gasteiger partial charge on any atom is 0.234 e. The van der Waals surface area contributed by atoms with Crippen molar-refractivity contribution >= 4 is 39.3 Å². The molecule has 5 nitrogen and oxygen atoms in total. The van der Waals surface area contributed by atoms with Gasteiger partial charge in [-0.1, -0.05) is 78.8 Å². The molecule has 1 N–H and O–H groups in total. The van der Waals surface area contributed by atoms with E-state index in [0.29, 0.717) is 11.7 Å². The van der Waals surface area contributed by atoms with Gasteiger partial charge in [0.2, 0.25) is 5.91 Å². The molecule has 0 bridgehead atoms. The summed E-state index contributed by atoms with van der Waals surface area (Å²) >= 11 is 4.75. The number of carbonyl (C=O) groups excluding carboxylic acids is 1. The van der Waals surface area contributed by atoms with Gasteiger partial charge in [0.05, 0.1) is 5.75 Å². The highest BCUT2D eigenvalue weighted by Gasteiger charge is 2.17. The number of amides is 1. The fraction of sp³-hybridized carbons (Fsp3) is 0.261. The van der Waals surface area contributed by atoms with Crippen molar-refractivity contribution in [3.8, 4) is 11.4 Å². The van der Waals surface area contributed by atoms with Crippen LogP contribution in [0.2, 0.25) is 0 Å². The number of benzene rings is 2. The molecule has 0 aliphatic rings. The summed E-state index contributed by atoms with van der Waals surface area (Å²) in [6, 6.07) is 15.9.